The number of rotatable bonds is 3. The van der Waals surface area contributed by atoms with Crippen LogP contribution in [0.4, 0.5) is 5.82 Å². The molecule has 0 fully saturated rings. The molecule has 9 heteroatoms. The molecule has 0 aliphatic heterocycles. The smallest absolute Gasteiger partial charge is 0.282 e. The number of halogens is 1. The molecule has 2 heterocycles. The van der Waals surface area contributed by atoms with Crippen molar-refractivity contribution in [1.29, 1.82) is 0 Å². The predicted molar refractivity (Wildman–Crippen MR) is 78.6 cm³/mol. The van der Waals surface area contributed by atoms with Crippen molar-refractivity contribution in [3.63, 3.8) is 0 Å². The number of nitrogens with one attached hydrogen (secondary N) is 1. The van der Waals surface area contributed by atoms with E-state index >= 15 is 0 Å². The maximum atomic E-state index is 12.2. The van der Waals surface area contributed by atoms with Crippen LogP contribution in [-0.2, 0) is 17.1 Å². The molecule has 21 heavy (non-hydrogen) atoms. The molecule has 0 spiro atoms. The van der Waals surface area contributed by atoms with Gasteiger partial charge >= 0.3 is 0 Å². The summed E-state index contributed by atoms with van der Waals surface area (Å²) >= 11 is 5.98. The topological polar surface area (TPSA) is 89.8 Å². The van der Waals surface area contributed by atoms with Crippen molar-refractivity contribution in [2.24, 2.45) is 7.05 Å². The molecule has 0 saturated heterocycles. The molecule has 0 bridgehead atoms. The van der Waals surface area contributed by atoms with E-state index in [1.54, 1.807) is 31.3 Å². The Kier molecular flexibility index (Phi) is 3.26. The Morgan fingerprint density at radius 2 is 1.86 bits per heavy atom. The Morgan fingerprint density at radius 3 is 2.48 bits per heavy atom. The highest BCUT2D eigenvalue weighted by molar-refractivity contribution is 7.92. The van der Waals surface area contributed by atoms with Crippen LogP contribution >= 0.6 is 11.6 Å². The summed E-state index contributed by atoms with van der Waals surface area (Å²) in [6, 6.07) is 7.04. The Balaban J connectivity index is 2.03. The molecule has 108 valence electrons. The third kappa shape index (κ3) is 2.67. The first-order valence-electron chi connectivity index (χ1n) is 5.89. The summed E-state index contributed by atoms with van der Waals surface area (Å²) in [6.45, 7) is 0. The lowest BCUT2D eigenvalue weighted by atomic mass is 10.3. The lowest BCUT2D eigenvalue weighted by molar-refractivity contribution is 0.598. The fourth-order valence-electron chi connectivity index (χ4n) is 1.75. The lowest BCUT2D eigenvalue weighted by Crippen LogP contribution is -2.15. The average molecular weight is 324 g/mol. The van der Waals surface area contributed by atoms with E-state index in [2.05, 4.69) is 19.7 Å². The van der Waals surface area contributed by atoms with Gasteiger partial charge in [0.1, 0.15) is 0 Å². The molecule has 0 unspecified atom stereocenters. The van der Waals surface area contributed by atoms with Gasteiger partial charge < -0.3 is 4.57 Å². The first-order valence-corrected chi connectivity index (χ1v) is 7.75. The summed E-state index contributed by atoms with van der Waals surface area (Å²) in [5, 5.41) is -0.135. The molecule has 0 saturated carbocycles. The molecule has 0 amide bonds. The maximum Gasteiger partial charge on any atom is 0.282 e. The Morgan fingerprint density at radius 1 is 1.19 bits per heavy atom. The largest absolute Gasteiger partial charge is 0.339 e. The molecule has 0 aliphatic rings. The number of nitrogens with zero attached hydrogens (tertiary/aromatic N) is 4. The summed E-state index contributed by atoms with van der Waals surface area (Å²) in [7, 11) is -2.18. The number of anilines is 1. The first kappa shape index (κ1) is 13.8. The zero-order valence-corrected chi connectivity index (χ0v) is 12.4. The van der Waals surface area contributed by atoms with E-state index in [1.165, 1.54) is 17.1 Å². The molecule has 3 rings (SSSR count). The van der Waals surface area contributed by atoms with Crippen LogP contribution in [0.15, 0.2) is 41.8 Å². The summed E-state index contributed by atoms with van der Waals surface area (Å²) in [5.41, 5.74) is 1.13. The lowest BCUT2D eigenvalue weighted by Gasteiger charge is -2.07. The van der Waals surface area contributed by atoms with E-state index in [1.807, 2.05) is 0 Å². The number of imidazole rings is 1. The van der Waals surface area contributed by atoms with Crippen molar-refractivity contribution in [2.45, 2.75) is 5.03 Å². The van der Waals surface area contributed by atoms with Crippen molar-refractivity contribution in [3.05, 3.63) is 41.9 Å². The number of fused-ring (bicyclic) bond motifs is 1. The van der Waals surface area contributed by atoms with Gasteiger partial charge in [-0.2, -0.15) is 8.42 Å². The van der Waals surface area contributed by atoms with Crippen molar-refractivity contribution >= 4 is 38.5 Å². The Bertz CT molecular complexity index is 922. The first-order chi connectivity index (χ1) is 9.95. The molecule has 0 radical (unpaired) electrons. The van der Waals surface area contributed by atoms with Crippen LogP contribution in [-0.4, -0.2) is 27.9 Å². The number of benzene rings is 1. The van der Waals surface area contributed by atoms with Crippen LogP contribution in [0.2, 0.25) is 5.15 Å². The van der Waals surface area contributed by atoms with Crippen LogP contribution in [0.25, 0.3) is 11.0 Å². The van der Waals surface area contributed by atoms with Gasteiger partial charge in [0.05, 0.1) is 17.4 Å². The van der Waals surface area contributed by atoms with Gasteiger partial charge in [-0.3, -0.25) is 4.72 Å². The summed E-state index contributed by atoms with van der Waals surface area (Å²) in [4.78, 5) is 12.1. The minimum Gasteiger partial charge on any atom is -0.339 e. The molecule has 0 aliphatic carbocycles. The fourth-order valence-corrected chi connectivity index (χ4v) is 2.98. The van der Waals surface area contributed by atoms with E-state index in [4.69, 9.17) is 11.6 Å². The van der Waals surface area contributed by atoms with Gasteiger partial charge in [-0.25, -0.2) is 15.0 Å². The van der Waals surface area contributed by atoms with Crippen LogP contribution in [0, 0.1) is 0 Å². The maximum absolute atomic E-state index is 12.2. The average Bonchev–Trinajstić information content (AvgIpc) is 2.87. The van der Waals surface area contributed by atoms with Crippen molar-refractivity contribution in [2.75, 3.05) is 4.72 Å². The molecule has 3 aromatic rings. The SMILES string of the molecule is Cn1cnc(S(=O)(=O)Nc2nc3ccccc3nc2Cl)c1. The van der Waals surface area contributed by atoms with Gasteiger partial charge in [0.15, 0.2) is 16.0 Å². The number of para-hydroxylation sites is 2. The van der Waals surface area contributed by atoms with Gasteiger partial charge in [0, 0.05) is 13.2 Å². The summed E-state index contributed by atoms with van der Waals surface area (Å²) in [6.07, 6.45) is 2.77. The summed E-state index contributed by atoms with van der Waals surface area (Å²) < 4.78 is 28.2. The zero-order chi connectivity index (χ0) is 15.0. The summed E-state index contributed by atoms with van der Waals surface area (Å²) in [5.74, 6) is -0.0268. The molecule has 1 N–H and O–H groups in total. The van der Waals surface area contributed by atoms with Gasteiger partial charge in [0.25, 0.3) is 10.0 Å². The molecule has 7 nitrogen and oxygen atoms in total. The third-order valence-corrected chi connectivity index (χ3v) is 4.20. The van der Waals surface area contributed by atoms with E-state index in [-0.39, 0.29) is 16.0 Å². The number of sulfonamides is 1. The van der Waals surface area contributed by atoms with Crippen LogP contribution in [0.3, 0.4) is 0 Å². The minimum absolute atomic E-state index is 0.0202. The monoisotopic (exact) mass is 323 g/mol. The zero-order valence-electron chi connectivity index (χ0n) is 10.9. The van der Waals surface area contributed by atoms with Crippen molar-refractivity contribution in [1.82, 2.24) is 19.5 Å². The number of hydrogen-bond donors (Lipinski definition) is 1. The van der Waals surface area contributed by atoms with E-state index in [0.29, 0.717) is 11.0 Å². The van der Waals surface area contributed by atoms with Gasteiger partial charge in [-0.15, -0.1) is 0 Å². The van der Waals surface area contributed by atoms with E-state index < -0.39 is 10.0 Å². The molecular weight excluding hydrogens is 314 g/mol. The molecule has 2 aromatic heterocycles. The normalized spacial score (nSPS) is 11.7. The molecule has 0 atom stereocenters. The standard InChI is InChI=1S/C12H10ClN5O2S/c1-18-6-10(14-7-18)21(19,20)17-12-11(13)15-8-4-2-3-5-9(8)16-12/h2-7H,1H3,(H,16,17). The fraction of sp³-hybridized carbons (Fsp3) is 0.0833. The minimum atomic E-state index is -3.85. The highest BCUT2D eigenvalue weighted by Gasteiger charge is 2.20. The number of hydrogen-bond acceptors (Lipinski definition) is 5. The Labute approximate surface area is 125 Å². The number of aryl methyl sites for hydroxylation is 1. The van der Waals surface area contributed by atoms with Crippen molar-refractivity contribution < 1.29 is 8.42 Å². The quantitative estimate of drug-likeness (QED) is 0.794. The Hall–Kier alpha value is -2.19. The molecular formula is C12H10ClN5O2S. The van der Waals surface area contributed by atoms with Gasteiger partial charge in [-0.1, -0.05) is 23.7 Å². The predicted octanol–water partition coefficient (Wildman–Crippen LogP) is 1.82. The van der Waals surface area contributed by atoms with E-state index in [0.717, 1.165) is 0 Å². The highest BCUT2D eigenvalue weighted by Crippen LogP contribution is 2.23. The third-order valence-electron chi connectivity index (χ3n) is 2.72. The van der Waals surface area contributed by atoms with Gasteiger partial charge in [0.2, 0.25) is 0 Å². The van der Waals surface area contributed by atoms with Crippen LogP contribution in [0.5, 0.6) is 0 Å². The second kappa shape index (κ2) is 4.97. The van der Waals surface area contributed by atoms with Crippen LogP contribution < -0.4 is 4.72 Å². The highest BCUT2D eigenvalue weighted by atomic mass is 35.5. The second-order valence-corrected chi connectivity index (χ2v) is 6.32. The van der Waals surface area contributed by atoms with Crippen molar-refractivity contribution in [3.8, 4) is 0 Å². The van der Waals surface area contributed by atoms with Gasteiger partial charge in [-0.05, 0) is 12.1 Å². The van der Waals surface area contributed by atoms with Crippen LogP contribution in [0.1, 0.15) is 0 Å². The second-order valence-electron chi connectivity index (χ2n) is 4.33. The number of aromatic nitrogens is 4. The van der Waals surface area contributed by atoms with E-state index in [9.17, 15) is 8.42 Å². The molecule has 1 aromatic carbocycles.